The molecule has 1 aliphatic rings. The zero-order chi connectivity index (χ0) is 15.6. The molecule has 0 bridgehead atoms. The fourth-order valence-corrected chi connectivity index (χ4v) is 2.61. The van der Waals surface area contributed by atoms with Crippen molar-refractivity contribution in [1.82, 2.24) is 4.98 Å². The lowest BCUT2D eigenvalue weighted by Gasteiger charge is -2.28. The topological polar surface area (TPSA) is 72.6 Å². The number of oxazole rings is 1. The number of methoxy groups -OCH3 is 1. The van der Waals surface area contributed by atoms with Crippen molar-refractivity contribution in [3.63, 3.8) is 0 Å². The number of carboxylic acids is 1. The summed E-state index contributed by atoms with van der Waals surface area (Å²) in [4.78, 5) is 15.1. The molecule has 1 fully saturated rings. The molecule has 0 radical (unpaired) electrons. The molecular formula is C13H16F3NO4. The van der Waals surface area contributed by atoms with Crippen molar-refractivity contribution >= 4 is 5.97 Å². The van der Waals surface area contributed by atoms with Gasteiger partial charge in [-0.2, -0.15) is 13.2 Å². The van der Waals surface area contributed by atoms with E-state index in [2.05, 4.69) is 4.98 Å². The molecule has 0 saturated heterocycles. The van der Waals surface area contributed by atoms with Crippen LogP contribution in [0.3, 0.4) is 0 Å². The molecule has 1 aromatic heterocycles. The summed E-state index contributed by atoms with van der Waals surface area (Å²) < 4.78 is 47.9. The third-order valence-electron chi connectivity index (χ3n) is 3.73. The van der Waals surface area contributed by atoms with Crippen LogP contribution in [0.4, 0.5) is 13.2 Å². The van der Waals surface area contributed by atoms with Crippen molar-refractivity contribution in [3.05, 3.63) is 17.3 Å². The van der Waals surface area contributed by atoms with E-state index in [0.717, 1.165) is 0 Å². The third kappa shape index (κ3) is 3.55. The van der Waals surface area contributed by atoms with Gasteiger partial charge in [0.2, 0.25) is 5.76 Å². The van der Waals surface area contributed by atoms with Gasteiger partial charge in [0.25, 0.3) is 0 Å². The molecule has 8 heteroatoms. The predicted octanol–water partition coefficient (Wildman–Crippen LogP) is 3.36. The van der Waals surface area contributed by atoms with Gasteiger partial charge in [0.1, 0.15) is 5.69 Å². The Labute approximate surface area is 119 Å². The Bertz CT molecular complexity index is 504. The van der Waals surface area contributed by atoms with Crippen LogP contribution in [0.25, 0.3) is 0 Å². The lowest BCUT2D eigenvalue weighted by atomic mass is 9.81. The van der Waals surface area contributed by atoms with Crippen molar-refractivity contribution in [2.75, 3.05) is 7.11 Å². The van der Waals surface area contributed by atoms with Crippen molar-refractivity contribution in [2.45, 2.75) is 44.4 Å². The van der Waals surface area contributed by atoms with Crippen LogP contribution in [0.2, 0.25) is 0 Å². The highest BCUT2D eigenvalue weighted by molar-refractivity contribution is 5.85. The molecule has 1 heterocycles. The summed E-state index contributed by atoms with van der Waals surface area (Å²) in [7, 11) is 1.40. The largest absolute Gasteiger partial charge is 0.475 e. The molecule has 0 amide bonds. The molecule has 1 N–H and O–H groups in total. The second-order valence-corrected chi connectivity index (χ2v) is 5.16. The van der Waals surface area contributed by atoms with E-state index >= 15 is 0 Å². The summed E-state index contributed by atoms with van der Waals surface area (Å²) in [5, 5.41) is 9.01. The van der Waals surface area contributed by atoms with E-state index in [1.807, 2.05) is 0 Å². The highest BCUT2D eigenvalue weighted by Crippen LogP contribution is 2.42. The molecule has 1 saturated carbocycles. The molecule has 1 aromatic rings. The molecule has 0 unspecified atom stereocenters. The van der Waals surface area contributed by atoms with E-state index in [-0.39, 0.29) is 55.6 Å². The monoisotopic (exact) mass is 307 g/mol. The van der Waals surface area contributed by atoms with Crippen LogP contribution >= 0.6 is 0 Å². The number of aromatic nitrogens is 1. The maximum Gasteiger partial charge on any atom is 0.391 e. The van der Waals surface area contributed by atoms with Crippen molar-refractivity contribution < 1.29 is 32.2 Å². The molecular weight excluding hydrogens is 291 g/mol. The number of carbonyl (C=O) groups is 1. The Hall–Kier alpha value is -1.57. The van der Waals surface area contributed by atoms with E-state index in [1.165, 1.54) is 7.11 Å². The van der Waals surface area contributed by atoms with Gasteiger partial charge in [0, 0.05) is 13.0 Å². The average Bonchev–Trinajstić information content (AvgIpc) is 2.82. The molecule has 0 aromatic carbocycles. The fourth-order valence-electron chi connectivity index (χ4n) is 2.61. The van der Waals surface area contributed by atoms with Gasteiger partial charge in [-0.1, -0.05) is 0 Å². The van der Waals surface area contributed by atoms with Crippen LogP contribution in [0.5, 0.6) is 0 Å². The number of halogens is 3. The molecule has 21 heavy (non-hydrogen) atoms. The first-order chi connectivity index (χ1) is 9.82. The van der Waals surface area contributed by atoms with Crippen LogP contribution in [-0.4, -0.2) is 29.3 Å². The number of carboxylic acid groups (broad SMARTS) is 1. The summed E-state index contributed by atoms with van der Waals surface area (Å²) in [6.07, 6.45) is -3.57. The lowest BCUT2D eigenvalue weighted by molar-refractivity contribution is -0.182. The highest BCUT2D eigenvalue weighted by atomic mass is 19.4. The zero-order valence-electron chi connectivity index (χ0n) is 11.4. The van der Waals surface area contributed by atoms with Gasteiger partial charge in [-0.25, -0.2) is 9.78 Å². The van der Waals surface area contributed by atoms with Crippen LogP contribution in [0, 0.1) is 5.92 Å². The quantitative estimate of drug-likeness (QED) is 0.923. The molecule has 5 nitrogen and oxygen atoms in total. The maximum atomic E-state index is 12.6. The van der Waals surface area contributed by atoms with Crippen LogP contribution in [0.15, 0.2) is 4.42 Å². The minimum atomic E-state index is -4.17. The van der Waals surface area contributed by atoms with E-state index in [9.17, 15) is 18.0 Å². The Morgan fingerprint density at radius 2 is 2.00 bits per heavy atom. The number of rotatable bonds is 4. The Balaban J connectivity index is 2.10. The van der Waals surface area contributed by atoms with Crippen LogP contribution < -0.4 is 0 Å². The summed E-state index contributed by atoms with van der Waals surface area (Å²) in [5.74, 6) is -2.93. The lowest BCUT2D eigenvalue weighted by Crippen LogP contribution is -2.27. The minimum Gasteiger partial charge on any atom is -0.475 e. The normalized spacial score (nSPS) is 23.2. The van der Waals surface area contributed by atoms with E-state index in [1.54, 1.807) is 0 Å². The number of hydrogen-bond acceptors (Lipinski definition) is 4. The molecule has 0 spiro atoms. The van der Waals surface area contributed by atoms with Crippen molar-refractivity contribution in [3.8, 4) is 0 Å². The summed E-state index contributed by atoms with van der Waals surface area (Å²) in [6, 6.07) is 0. The van der Waals surface area contributed by atoms with Gasteiger partial charge in [-0.3, -0.25) is 0 Å². The predicted molar refractivity (Wildman–Crippen MR) is 64.9 cm³/mol. The summed E-state index contributed by atoms with van der Waals surface area (Å²) in [5.41, 5.74) is 0.165. The molecule has 0 atom stereocenters. The number of hydrogen-bond donors (Lipinski definition) is 1. The first-order valence-corrected chi connectivity index (χ1v) is 6.61. The van der Waals surface area contributed by atoms with Gasteiger partial charge in [-0.15, -0.1) is 0 Å². The number of alkyl halides is 3. The van der Waals surface area contributed by atoms with Crippen molar-refractivity contribution in [2.24, 2.45) is 5.92 Å². The zero-order valence-corrected chi connectivity index (χ0v) is 11.4. The number of ether oxygens (including phenoxy) is 1. The standard InChI is InChI=1S/C13H16F3NO4/c1-20-6-9-10(12(18)19)21-11(17-9)7-2-4-8(5-3-7)13(14,15)16/h7-8H,2-6H2,1H3,(H,18,19). The van der Waals surface area contributed by atoms with E-state index < -0.39 is 18.1 Å². The van der Waals surface area contributed by atoms with Gasteiger partial charge in [0.15, 0.2) is 5.89 Å². The second-order valence-electron chi connectivity index (χ2n) is 5.16. The minimum absolute atomic E-state index is 0.0109. The van der Waals surface area contributed by atoms with Crippen molar-refractivity contribution in [1.29, 1.82) is 0 Å². The van der Waals surface area contributed by atoms with E-state index in [0.29, 0.717) is 0 Å². The first kappa shape index (κ1) is 15.8. The first-order valence-electron chi connectivity index (χ1n) is 6.61. The summed E-state index contributed by atoms with van der Waals surface area (Å²) >= 11 is 0. The third-order valence-corrected chi connectivity index (χ3v) is 3.73. The fraction of sp³-hybridized carbons (Fsp3) is 0.692. The van der Waals surface area contributed by atoms with E-state index in [4.69, 9.17) is 14.3 Å². The molecule has 2 rings (SSSR count). The van der Waals surface area contributed by atoms with Gasteiger partial charge >= 0.3 is 12.1 Å². The van der Waals surface area contributed by atoms with Crippen LogP contribution in [-0.2, 0) is 11.3 Å². The van der Waals surface area contributed by atoms with Gasteiger partial charge in [0.05, 0.1) is 12.5 Å². The highest BCUT2D eigenvalue weighted by Gasteiger charge is 2.42. The number of nitrogens with zero attached hydrogens (tertiary/aromatic N) is 1. The molecule has 118 valence electrons. The average molecular weight is 307 g/mol. The van der Waals surface area contributed by atoms with Gasteiger partial charge < -0.3 is 14.3 Å². The Morgan fingerprint density at radius 3 is 2.48 bits per heavy atom. The van der Waals surface area contributed by atoms with Crippen LogP contribution in [0.1, 0.15) is 53.7 Å². The summed E-state index contributed by atoms with van der Waals surface area (Å²) in [6.45, 7) is -0.0109. The SMILES string of the molecule is COCc1nc(C2CCC(C(F)(F)F)CC2)oc1C(=O)O. The molecule has 0 aliphatic heterocycles. The second kappa shape index (κ2) is 6.05. The maximum absolute atomic E-state index is 12.6. The van der Waals surface area contributed by atoms with Gasteiger partial charge in [-0.05, 0) is 25.7 Å². The molecule has 1 aliphatic carbocycles. The number of aromatic carboxylic acids is 1. The smallest absolute Gasteiger partial charge is 0.391 e. The Kier molecular flexibility index (Phi) is 4.55. The Morgan fingerprint density at radius 1 is 1.38 bits per heavy atom.